The van der Waals surface area contributed by atoms with E-state index < -0.39 is 11.7 Å². The van der Waals surface area contributed by atoms with Crippen molar-refractivity contribution >= 4 is 23.0 Å². The average Bonchev–Trinajstić information content (AvgIpc) is 3.29. The van der Waals surface area contributed by atoms with E-state index in [0.717, 1.165) is 18.7 Å². The first-order chi connectivity index (χ1) is 11.6. The van der Waals surface area contributed by atoms with Gasteiger partial charge >= 0.3 is 0 Å². The fourth-order valence-corrected chi connectivity index (χ4v) is 3.91. The molecule has 0 spiro atoms. The summed E-state index contributed by atoms with van der Waals surface area (Å²) in [5.41, 5.74) is 1.51. The van der Waals surface area contributed by atoms with E-state index in [1.54, 1.807) is 23.5 Å². The molecule has 1 aliphatic heterocycles. The molecule has 0 radical (unpaired) electrons. The number of hydrogen-bond donors (Lipinski definition) is 1. The van der Waals surface area contributed by atoms with Gasteiger partial charge in [-0.2, -0.15) is 0 Å². The first-order valence-corrected chi connectivity index (χ1v) is 9.20. The van der Waals surface area contributed by atoms with Crippen molar-refractivity contribution in [3.8, 4) is 0 Å². The molecule has 0 aliphatic carbocycles. The van der Waals surface area contributed by atoms with Gasteiger partial charge in [0.05, 0.1) is 6.04 Å². The summed E-state index contributed by atoms with van der Waals surface area (Å²) in [6, 6.07) is 11.4. The predicted molar refractivity (Wildman–Crippen MR) is 96.4 cm³/mol. The van der Waals surface area contributed by atoms with Gasteiger partial charge in [-0.1, -0.05) is 35.9 Å². The number of nitrogens with zero attached hydrogens (tertiary/aromatic N) is 1. The fourth-order valence-electron chi connectivity index (χ4n) is 3.05. The number of Topliss-reactive ketones (excluding diaryl/α,β-unsaturated/α-hetero) is 1. The van der Waals surface area contributed by atoms with Gasteiger partial charge in [0, 0.05) is 17.0 Å². The Balaban J connectivity index is 1.64. The number of benzene rings is 1. The van der Waals surface area contributed by atoms with E-state index in [2.05, 4.69) is 21.7 Å². The van der Waals surface area contributed by atoms with E-state index in [-0.39, 0.29) is 6.04 Å². The molecule has 1 N–H and O–H groups in total. The number of ketones is 1. The minimum Gasteiger partial charge on any atom is -0.347 e. The zero-order valence-corrected chi connectivity index (χ0v) is 14.6. The maximum atomic E-state index is 12.3. The molecular formula is C19H22N2O2S. The van der Waals surface area contributed by atoms with E-state index in [0.29, 0.717) is 12.1 Å². The SMILES string of the molecule is Cc1ccc(C(=O)C(=O)NCC(c2cccs2)N2CCCC2)cc1. The Hall–Kier alpha value is -1.98. The lowest BCUT2D eigenvalue weighted by molar-refractivity contribution is -0.117. The summed E-state index contributed by atoms with van der Waals surface area (Å²) >= 11 is 1.70. The van der Waals surface area contributed by atoms with E-state index in [9.17, 15) is 9.59 Å². The van der Waals surface area contributed by atoms with Crippen molar-refractivity contribution in [3.05, 3.63) is 57.8 Å². The van der Waals surface area contributed by atoms with Crippen molar-refractivity contribution in [2.24, 2.45) is 0 Å². The lowest BCUT2D eigenvalue weighted by atomic mass is 10.1. The average molecular weight is 342 g/mol. The number of hydrogen-bond acceptors (Lipinski definition) is 4. The third-order valence-electron chi connectivity index (χ3n) is 4.43. The summed E-state index contributed by atoms with van der Waals surface area (Å²) in [7, 11) is 0. The number of likely N-dealkylation sites (tertiary alicyclic amines) is 1. The van der Waals surface area contributed by atoms with Crippen LogP contribution in [0, 0.1) is 6.92 Å². The molecule has 5 heteroatoms. The summed E-state index contributed by atoms with van der Waals surface area (Å²) in [5, 5.41) is 4.89. The minimum atomic E-state index is -0.528. The van der Waals surface area contributed by atoms with Crippen LogP contribution in [0.3, 0.4) is 0 Å². The molecule has 1 atom stereocenters. The van der Waals surface area contributed by atoms with Crippen molar-refractivity contribution in [2.75, 3.05) is 19.6 Å². The van der Waals surface area contributed by atoms with Crippen LogP contribution < -0.4 is 5.32 Å². The quantitative estimate of drug-likeness (QED) is 0.648. The van der Waals surface area contributed by atoms with Crippen LogP contribution in [0.1, 0.15) is 39.7 Å². The smallest absolute Gasteiger partial charge is 0.292 e. The predicted octanol–water partition coefficient (Wildman–Crippen LogP) is 3.19. The summed E-state index contributed by atoms with van der Waals surface area (Å²) in [6.45, 7) is 4.52. The summed E-state index contributed by atoms with van der Waals surface area (Å²) < 4.78 is 0. The van der Waals surface area contributed by atoms with Crippen LogP contribution in [0.5, 0.6) is 0 Å². The largest absolute Gasteiger partial charge is 0.347 e. The third-order valence-corrected chi connectivity index (χ3v) is 5.40. The van der Waals surface area contributed by atoms with Gasteiger partial charge in [-0.3, -0.25) is 14.5 Å². The fraction of sp³-hybridized carbons (Fsp3) is 0.368. The molecular weight excluding hydrogens is 320 g/mol. The molecule has 2 heterocycles. The highest BCUT2D eigenvalue weighted by Crippen LogP contribution is 2.27. The zero-order valence-electron chi connectivity index (χ0n) is 13.8. The molecule has 1 aromatic heterocycles. The van der Waals surface area contributed by atoms with Crippen LogP contribution in [-0.2, 0) is 4.79 Å². The molecule has 1 saturated heterocycles. The molecule has 1 fully saturated rings. The molecule has 2 aromatic rings. The second-order valence-corrected chi connectivity index (χ2v) is 7.16. The van der Waals surface area contributed by atoms with Crippen molar-refractivity contribution in [2.45, 2.75) is 25.8 Å². The minimum absolute atomic E-state index is 0.155. The van der Waals surface area contributed by atoms with Crippen molar-refractivity contribution < 1.29 is 9.59 Å². The molecule has 1 amide bonds. The second-order valence-electron chi connectivity index (χ2n) is 6.18. The van der Waals surface area contributed by atoms with Crippen molar-refractivity contribution in [1.29, 1.82) is 0 Å². The zero-order chi connectivity index (χ0) is 16.9. The molecule has 126 valence electrons. The molecule has 1 unspecified atom stereocenters. The van der Waals surface area contributed by atoms with Gasteiger partial charge in [0.25, 0.3) is 5.91 Å². The van der Waals surface area contributed by atoms with Gasteiger partial charge in [0.1, 0.15) is 0 Å². The summed E-state index contributed by atoms with van der Waals surface area (Å²) in [4.78, 5) is 28.1. The highest BCUT2D eigenvalue weighted by Gasteiger charge is 2.26. The number of aryl methyl sites for hydroxylation is 1. The standard InChI is InChI=1S/C19H22N2O2S/c1-14-6-8-15(9-7-14)18(22)19(23)20-13-16(17-5-4-12-24-17)21-10-2-3-11-21/h4-9,12,16H,2-3,10-11,13H2,1H3,(H,20,23). The van der Waals surface area contributed by atoms with Gasteiger partial charge in [0.15, 0.2) is 0 Å². The van der Waals surface area contributed by atoms with E-state index >= 15 is 0 Å². The molecule has 24 heavy (non-hydrogen) atoms. The number of nitrogens with one attached hydrogen (secondary N) is 1. The Morgan fingerprint density at radius 2 is 1.88 bits per heavy atom. The monoisotopic (exact) mass is 342 g/mol. The Labute approximate surface area is 146 Å². The number of thiophene rings is 1. The van der Waals surface area contributed by atoms with Crippen molar-refractivity contribution in [3.63, 3.8) is 0 Å². The van der Waals surface area contributed by atoms with Gasteiger partial charge in [-0.05, 0) is 44.3 Å². The molecule has 1 aromatic carbocycles. The van der Waals surface area contributed by atoms with Gasteiger partial charge in [-0.25, -0.2) is 0 Å². The third kappa shape index (κ3) is 3.91. The first-order valence-electron chi connectivity index (χ1n) is 8.32. The van der Waals surface area contributed by atoms with E-state index in [4.69, 9.17) is 0 Å². The Kier molecular flexibility index (Phi) is 5.43. The molecule has 0 saturated carbocycles. The van der Waals surface area contributed by atoms with Crippen LogP contribution >= 0.6 is 11.3 Å². The normalized spacial score (nSPS) is 16.0. The molecule has 4 nitrogen and oxygen atoms in total. The van der Waals surface area contributed by atoms with Crippen molar-refractivity contribution in [1.82, 2.24) is 10.2 Å². The second kappa shape index (κ2) is 7.73. The topological polar surface area (TPSA) is 49.4 Å². The first kappa shape index (κ1) is 16.9. The van der Waals surface area contributed by atoms with E-state index in [1.165, 1.54) is 17.7 Å². The lowest BCUT2D eigenvalue weighted by Crippen LogP contribution is -2.39. The van der Waals surface area contributed by atoms with Gasteiger partial charge in [0.2, 0.25) is 5.78 Å². The highest BCUT2D eigenvalue weighted by molar-refractivity contribution is 7.10. The molecule has 3 rings (SSSR count). The van der Waals surface area contributed by atoms with Crippen LogP contribution in [0.25, 0.3) is 0 Å². The summed E-state index contributed by atoms with van der Waals surface area (Å²) in [5.74, 6) is -0.999. The molecule has 0 bridgehead atoms. The Morgan fingerprint density at radius 3 is 2.50 bits per heavy atom. The maximum absolute atomic E-state index is 12.3. The Morgan fingerprint density at radius 1 is 1.17 bits per heavy atom. The maximum Gasteiger partial charge on any atom is 0.292 e. The van der Waals surface area contributed by atoms with Crippen LogP contribution in [0.4, 0.5) is 0 Å². The van der Waals surface area contributed by atoms with E-state index in [1.807, 2.05) is 25.1 Å². The van der Waals surface area contributed by atoms with Crippen LogP contribution in [-0.4, -0.2) is 36.2 Å². The Bertz CT molecular complexity index is 689. The lowest BCUT2D eigenvalue weighted by Gasteiger charge is -2.26. The van der Waals surface area contributed by atoms with Gasteiger partial charge < -0.3 is 5.32 Å². The number of carbonyl (C=O) groups excluding carboxylic acids is 2. The number of carbonyl (C=O) groups is 2. The summed E-state index contributed by atoms with van der Waals surface area (Å²) in [6.07, 6.45) is 2.39. The molecule has 1 aliphatic rings. The van der Waals surface area contributed by atoms with Gasteiger partial charge in [-0.15, -0.1) is 11.3 Å². The highest BCUT2D eigenvalue weighted by atomic mass is 32.1. The van der Waals surface area contributed by atoms with Crippen LogP contribution in [0.15, 0.2) is 41.8 Å². The van der Waals surface area contributed by atoms with Crippen LogP contribution in [0.2, 0.25) is 0 Å². The number of rotatable bonds is 6. The number of amides is 1.